The van der Waals surface area contributed by atoms with Gasteiger partial charge in [-0.25, -0.2) is 4.99 Å². The zero-order valence-electron chi connectivity index (χ0n) is 14.7. The number of thioether (sulfide) groups is 1. The Kier molecular flexibility index (Phi) is 5.59. The number of aliphatic imine (C=N–C) groups is 1. The van der Waals surface area contributed by atoms with Crippen LogP contribution >= 0.6 is 11.8 Å². The van der Waals surface area contributed by atoms with Crippen molar-refractivity contribution in [2.45, 2.75) is 19.4 Å². The molecule has 0 saturated carbocycles. The molecule has 26 heavy (non-hydrogen) atoms. The molecule has 0 aliphatic carbocycles. The number of ether oxygens (including phenoxy) is 1. The Bertz CT molecular complexity index is 871. The fraction of sp³-hybridized carbons (Fsp3) is 0.250. The van der Waals surface area contributed by atoms with Gasteiger partial charge in [-0.05, 0) is 48.9 Å². The van der Waals surface area contributed by atoms with Crippen molar-refractivity contribution in [2.75, 3.05) is 12.9 Å². The monoisotopic (exact) mass is 365 g/mol. The minimum Gasteiger partial charge on any atom is -0.497 e. The first kappa shape index (κ1) is 18.0. The topological polar surface area (TPSA) is 65.7 Å². The highest BCUT2D eigenvalue weighted by molar-refractivity contribution is 8.14. The average Bonchev–Trinajstić information content (AvgIpc) is 3.10. The van der Waals surface area contributed by atoms with E-state index in [1.165, 1.54) is 0 Å². The van der Waals surface area contributed by atoms with Gasteiger partial charge in [-0.15, -0.1) is 0 Å². The van der Waals surface area contributed by atoms with Gasteiger partial charge in [-0.1, -0.05) is 24.8 Å². The molecule has 1 fully saturated rings. The molecule has 6 heteroatoms. The number of hydrogen-bond donors (Lipinski definition) is 0. The van der Waals surface area contributed by atoms with E-state index < -0.39 is 0 Å². The SMILES string of the molecule is CC[C@H]1CSC(=Nc2ccc(OC)cc2)N1C(=O)c1cccc(C#N)c1. The molecule has 0 spiro atoms. The highest BCUT2D eigenvalue weighted by Crippen LogP contribution is 2.31. The molecule has 0 bridgehead atoms. The lowest BCUT2D eigenvalue weighted by molar-refractivity contribution is 0.0819. The molecular weight excluding hydrogens is 346 g/mol. The number of methoxy groups -OCH3 is 1. The van der Waals surface area contributed by atoms with Crippen molar-refractivity contribution in [1.29, 1.82) is 5.26 Å². The number of hydrogen-bond acceptors (Lipinski definition) is 5. The lowest BCUT2D eigenvalue weighted by Gasteiger charge is -2.23. The molecule has 0 radical (unpaired) electrons. The Morgan fingerprint density at radius 1 is 1.35 bits per heavy atom. The number of amidine groups is 1. The Hall–Kier alpha value is -2.78. The highest BCUT2D eigenvalue weighted by atomic mass is 32.2. The molecule has 5 nitrogen and oxygen atoms in total. The van der Waals surface area contributed by atoms with Gasteiger partial charge >= 0.3 is 0 Å². The second kappa shape index (κ2) is 8.07. The van der Waals surface area contributed by atoms with Gasteiger partial charge in [0.15, 0.2) is 5.17 Å². The molecule has 0 aromatic heterocycles. The van der Waals surface area contributed by atoms with E-state index in [1.807, 2.05) is 24.3 Å². The summed E-state index contributed by atoms with van der Waals surface area (Å²) in [6.07, 6.45) is 0.846. The second-order valence-corrected chi connectivity index (χ2v) is 6.82. The van der Waals surface area contributed by atoms with Crippen molar-refractivity contribution in [3.63, 3.8) is 0 Å². The lowest BCUT2D eigenvalue weighted by atomic mass is 10.1. The van der Waals surface area contributed by atoms with Crippen molar-refractivity contribution >= 4 is 28.5 Å². The average molecular weight is 365 g/mol. The Morgan fingerprint density at radius 2 is 2.12 bits per heavy atom. The zero-order valence-corrected chi connectivity index (χ0v) is 15.5. The molecule has 1 aliphatic heterocycles. The van der Waals surface area contributed by atoms with Crippen LogP contribution in [0.25, 0.3) is 0 Å². The third kappa shape index (κ3) is 3.73. The number of nitrogens with zero attached hydrogens (tertiary/aromatic N) is 3. The summed E-state index contributed by atoms with van der Waals surface area (Å²) in [4.78, 5) is 19.5. The van der Waals surface area contributed by atoms with Crippen LogP contribution in [0.4, 0.5) is 5.69 Å². The fourth-order valence-corrected chi connectivity index (χ4v) is 4.01. The summed E-state index contributed by atoms with van der Waals surface area (Å²) in [7, 11) is 1.62. The van der Waals surface area contributed by atoms with Gasteiger partial charge in [0.25, 0.3) is 5.91 Å². The maximum Gasteiger partial charge on any atom is 0.260 e. The Labute approximate surface area is 157 Å². The first-order chi connectivity index (χ1) is 12.7. The number of carbonyl (C=O) groups excluding carboxylic acids is 1. The summed E-state index contributed by atoms with van der Waals surface area (Å²) < 4.78 is 5.17. The van der Waals surface area contributed by atoms with Crippen LogP contribution in [0.3, 0.4) is 0 Å². The van der Waals surface area contributed by atoms with Crippen molar-refractivity contribution in [3.05, 3.63) is 59.7 Å². The van der Waals surface area contributed by atoms with Gasteiger partial charge in [0.05, 0.1) is 24.4 Å². The second-order valence-electron chi connectivity index (χ2n) is 5.83. The summed E-state index contributed by atoms with van der Waals surface area (Å²) in [6, 6.07) is 16.4. The predicted molar refractivity (Wildman–Crippen MR) is 104 cm³/mol. The van der Waals surface area contributed by atoms with Crippen LogP contribution in [0.1, 0.15) is 29.3 Å². The van der Waals surface area contributed by atoms with Gasteiger partial charge in [-0.2, -0.15) is 5.26 Å². The molecule has 132 valence electrons. The van der Waals surface area contributed by atoms with E-state index in [0.717, 1.165) is 23.6 Å². The molecular formula is C20H19N3O2S. The van der Waals surface area contributed by atoms with Gasteiger partial charge in [0.2, 0.25) is 0 Å². The molecule has 2 aromatic rings. The summed E-state index contributed by atoms with van der Waals surface area (Å²) in [5.41, 5.74) is 1.76. The third-order valence-electron chi connectivity index (χ3n) is 4.20. The highest BCUT2D eigenvalue weighted by Gasteiger charge is 2.34. The molecule has 1 amide bonds. The van der Waals surface area contributed by atoms with Crippen molar-refractivity contribution in [2.24, 2.45) is 4.99 Å². The van der Waals surface area contributed by atoms with E-state index in [0.29, 0.717) is 16.3 Å². The largest absolute Gasteiger partial charge is 0.497 e. The van der Waals surface area contributed by atoms with Crippen LogP contribution < -0.4 is 4.74 Å². The van der Waals surface area contributed by atoms with E-state index in [-0.39, 0.29) is 11.9 Å². The molecule has 2 aromatic carbocycles. The minimum absolute atomic E-state index is 0.0928. The van der Waals surface area contributed by atoms with Crippen molar-refractivity contribution < 1.29 is 9.53 Å². The van der Waals surface area contributed by atoms with Crippen molar-refractivity contribution in [1.82, 2.24) is 4.90 Å². The summed E-state index contributed by atoms with van der Waals surface area (Å²) in [5, 5.41) is 9.77. The van der Waals surface area contributed by atoms with Crippen LogP contribution in [0, 0.1) is 11.3 Å². The molecule has 0 unspecified atom stereocenters. The van der Waals surface area contributed by atoms with E-state index >= 15 is 0 Å². The van der Waals surface area contributed by atoms with Crippen LogP contribution in [-0.4, -0.2) is 34.9 Å². The van der Waals surface area contributed by atoms with Crippen molar-refractivity contribution in [3.8, 4) is 11.8 Å². The summed E-state index contributed by atoms with van der Waals surface area (Å²) >= 11 is 1.58. The summed E-state index contributed by atoms with van der Waals surface area (Å²) in [5.74, 6) is 1.46. The standard InChI is InChI=1S/C20H19N3O2S/c1-3-17-13-26-20(22-16-7-9-18(25-2)10-8-16)23(17)19(24)15-6-4-5-14(11-15)12-21/h4-11,17H,3,13H2,1-2H3/t17-/m0/s1. The van der Waals surface area contributed by atoms with Gasteiger partial charge < -0.3 is 4.74 Å². The zero-order chi connectivity index (χ0) is 18.5. The molecule has 0 N–H and O–H groups in total. The van der Waals surface area contributed by atoms with Gasteiger partial charge in [0, 0.05) is 17.4 Å². The Balaban J connectivity index is 1.93. The third-order valence-corrected chi connectivity index (χ3v) is 5.30. The molecule has 1 saturated heterocycles. The summed E-state index contributed by atoms with van der Waals surface area (Å²) in [6.45, 7) is 2.06. The van der Waals surface area contributed by atoms with Gasteiger partial charge in [-0.3, -0.25) is 9.69 Å². The van der Waals surface area contributed by atoms with E-state index in [2.05, 4.69) is 18.0 Å². The predicted octanol–water partition coefficient (Wildman–Crippen LogP) is 4.22. The minimum atomic E-state index is -0.119. The fourth-order valence-electron chi connectivity index (χ4n) is 2.74. The number of nitriles is 1. The number of amides is 1. The molecule has 1 heterocycles. The van der Waals surface area contributed by atoms with Crippen LogP contribution in [0.5, 0.6) is 5.75 Å². The number of carbonyl (C=O) groups is 1. The molecule has 3 rings (SSSR count). The maximum absolute atomic E-state index is 13.1. The Morgan fingerprint density at radius 3 is 2.77 bits per heavy atom. The van der Waals surface area contributed by atoms with E-state index in [1.54, 1.807) is 48.0 Å². The number of benzene rings is 2. The smallest absolute Gasteiger partial charge is 0.260 e. The van der Waals surface area contributed by atoms with Crippen LogP contribution in [-0.2, 0) is 0 Å². The van der Waals surface area contributed by atoms with E-state index in [9.17, 15) is 4.79 Å². The normalized spacial score (nSPS) is 18.0. The molecule has 1 aliphatic rings. The first-order valence-corrected chi connectivity index (χ1v) is 9.34. The lowest BCUT2D eigenvalue weighted by Crippen LogP contribution is -2.39. The quantitative estimate of drug-likeness (QED) is 0.813. The molecule has 1 atom stereocenters. The maximum atomic E-state index is 13.1. The first-order valence-electron chi connectivity index (χ1n) is 8.35. The van der Waals surface area contributed by atoms with E-state index in [4.69, 9.17) is 10.00 Å². The van der Waals surface area contributed by atoms with Crippen LogP contribution in [0.15, 0.2) is 53.5 Å². The van der Waals surface area contributed by atoms with Crippen LogP contribution in [0.2, 0.25) is 0 Å². The number of rotatable bonds is 4. The van der Waals surface area contributed by atoms with Gasteiger partial charge in [0.1, 0.15) is 5.75 Å².